The van der Waals surface area contributed by atoms with E-state index >= 15 is 0 Å². The van der Waals surface area contributed by atoms with Crippen LogP contribution in [0.5, 0.6) is 11.8 Å². The molecule has 22 heavy (non-hydrogen) atoms. The molecular weight excluding hydrogens is 284 g/mol. The van der Waals surface area contributed by atoms with E-state index in [0.29, 0.717) is 0 Å². The lowest BCUT2D eigenvalue weighted by Gasteiger charge is -2.10. The van der Waals surface area contributed by atoms with Crippen LogP contribution in [0.25, 0.3) is 0 Å². The number of hydrogen-bond acceptors (Lipinski definition) is 5. The lowest BCUT2D eigenvalue weighted by atomic mass is 10.1. The van der Waals surface area contributed by atoms with Gasteiger partial charge in [-0.1, -0.05) is 19.3 Å². The third-order valence-corrected chi connectivity index (χ3v) is 4.13. The highest BCUT2D eigenvalue weighted by Crippen LogP contribution is 2.23. The molecule has 1 aliphatic rings. The van der Waals surface area contributed by atoms with E-state index in [1.165, 1.54) is 37.8 Å². The number of nitrogens with one attached hydrogen (secondary N) is 1. The Labute approximate surface area is 131 Å². The first kappa shape index (κ1) is 16.7. The van der Waals surface area contributed by atoms with Gasteiger partial charge >= 0.3 is 5.97 Å². The summed E-state index contributed by atoms with van der Waals surface area (Å²) in [6.45, 7) is 2.11. The Hall–Kier alpha value is -1.69. The molecule has 0 spiro atoms. The Balaban J connectivity index is 1.48. The van der Waals surface area contributed by atoms with Gasteiger partial charge in [0.25, 0.3) is 0 Å². The highest BCUT2D eigenvalue weighted by molar-refractivity contribution is 5.69. The lowest BCUT2D eigenvalue weighted by molar-refractivity contribution is -0.145. The van der Waals surface area contributed by atoms with Crippen molar-refractivity contribution in [3.05, 3.63) is 12.1 Å². The molecule has 0 bridgehead atoms. The van der Waals surface area contributed by atoms with Crippen molar-refractivity contribution in [2.45, 2.75) is 51.4 Å². The van der Waals surface area contributed by atoms with Crippen molar-refractivity contribution in [3.63, 3.8) is 0 Å². The summed E-state index contributed by atoms with van der Waals surface area (Å²) in [7, 11) is 0. The topological polar surface area (TPSA) is 83.7 Å². The van der Waals surface area contributed by atoms with E-state index in [2.05, 4.69) is 5.32 Å². The zero-order chi connectivity index (χ0) is 15.8. The van der Waals surface area contributed by atoms with Crippen molar-refractivity contribution in [2.75, 3.05) is 13.1 Å². The molecule has 0 aliphatic heterocycles. The standard InChI is InChI=1S/C16H26N2O4/c19-14-9-10-15(20)18(14)22-16(21)8-2-1-5-11-17-12-13-6-3-4-7-13/h9-10,13,17,19-20H,1-8,11-12H2. The molecule has 0 radical (unpaired) electrons. The molecule has 0 unspecified atom stereocenters. The average molecular weight is 310 g/mol. The second kappa shape index (κ2) is 8.68. The van der Waals surface area contributed by atoms with Gasteiger partial charge in [-0.25, -0.2) is 4.79 Å². The van der Waals surface area contributed by atoms with Gasteiger partial charge in [0, 0.05) is 18.6 Å². The van der Waals surface area contributed by atoms with Gasteiger partial charge in [-0.3, -0.25) is 0 Å². The summed E-state index contributed by atoms with van der Waals surface area (Å²) in [6.07, 6.45) is 8.49. The molecule has 1 aromatic heterocycles. The second-order valence-electron chi connectivity index (χ2n) is 5.97. The summed E-state index contributed by atoms with van der Waals surface area (Å²) < 4.78 is 0.728. The van der Waals surface area contributed by atoms with Crippen LogP contribution >= 0.6 is 0 Å². The SMILES string of the molecule is O=C(CCCCCNCC1CCCC1)On1c(O)ccc1O. The molecule has 6 nitrogen and oxygen atoms in total. The van der Waals surface area contributed by atoms with E-state index in [4.69, 9.17) is 4.84 Å². The first-order chi connectivity index (χ1) is 10.7. The summed E-state index contributed by atoms with van der Waals surface area (Å²) in [5.74, 6) is -0.179. The van der Waals surface area contributed by atoms with E-state index in [1.807, 2.05) is 0 Å². The summed E-state index contributed by atoms with van der Waals surface area (Å²) in [6, 6.07) is 2.53. The number of aromatic nitrogens is 1. The first-order valence-electron chi connectivity index (χ1n) is 8.18. The van der Waals surface area contributed by atoms with Gasteiger partial charge in [0.15, 0.2) is 0 Å². The second-order valence-corrected chi connectivity index (χ2v) is 5.97. The Morgan fingerprint density at radius 1 is 1.18 bits per heavy atom. The minimum Gasteiger partial charge on any atom is -0.492 e. The smallest absolute Gasteiger partial charge is 0.333 e. The molecule has 2 rings (SSSR count). The third-order valence-electron chi connectivity index (χ3n) is 4.13. The summed E-state index contributed by atoms with van der Waals surface area (Å²) in [4.78, 5) is 16.5. The minimum absolute atomic E-state index is 0.277. The number of unbranched alkanes of at least 4 members (excludes halogenated alkanes) is 2. The van der Waals surface area contributed by atoms with Crippen LogP contribution in [0, 0.1) is 5.92 Å². The van der Waals surface area contributed by atoms with Crippen LogP contribution in [0.2, 0.25) is 0 Å². The zero-order valence-corrected chi connectivity index (χ0v) is 13.0. The molecule has 1 aromatic rings. The van der Waals surface area contributed by atoms with Crippen molar-refractivity contribution >= 4 is 5.97 Å². The summed E-state index contributed by atoms with van der Waals surface area (Å²) in [5, 5.41) is 22.2. The number of carbonyl (C=O) groups is 1. The molecule has 1 fully saturated rings. The van der Waals surface area contributed by atoms with E-state index in [-0.39, 0.29) is 18.2 Å². The summed E-state index contributed by atoms with van der Waals surface area (Å²) >= 11 is 0. The van der Waals surface area contributed by atoms with E-state index < -0.39 is 5.97 Å². The van der Waals surface area contributed by atoms with Crippen LogP contribution in [-0.2, 0) is 4.79 Å². The molecular formula is C16H26N2O4. The molecule has 6 heteroatoms. The molecule has 3 N–H and O–H groups in total. The lowest BCUT2D eigenvalue weighted by Crippen LogP contribution is -2.22. The fourth-order valence-corrected chi connectivity index (χ4v) is 2.86. The number of carbonyl (C=O) groups excluding carboxylic acids is 1. The number of aromatic hydroxyl groups is 2. The third kappa shape index (κ3) is 5.26. The monoisotopic (exact) mass is 310 g/mol. The van der Waals surface area contributed by atoms with Gasteiger partial charge in [0.2, 0.25) is 11.8 Å². The Morgan fingerprint density at radius 2 is 1.86 bits per heavy atom. The van der Waals surface area contributed by atoms with Gasteiger partial charge in [0.1, 0.15) is 0 Å². The quantitative estimate of drug-likeness (QED) is 0.609. The average Bonchev–Trinajstić information content (AvgIpc) is 3.11. The maximum Gasteiger partial charge on any atom is 0.333 e. The minimum atomic E-state index is -0.458. The van der Waals surface area contributed by atoms with Gasteiger partial charge in [-0.15, -0.1) is 4.73 Å². The molecule has 1 heterocycles. The van der Waals surface area contributed by atoms with Crippen molar-refractivity contribution < 1.29 is 19.8 Å². The van der Waals surface area contributed by atoms with Crippen LogP contribution in [0.1, 0.15) is 51.4 Å². The van der Waals surface area contributed by atoms with E-state index in [1.54, 1.807) is 0 Å². The highest BCUT2D eigenvalue weighted by atomic mass is 16.7. The van der Waals surface area contributed by atoms with Crippen molar-refractivity contribution in [1.29, 1.82) is 0 Å². The van der Waals surface area contributed by atoms with Crippen LogP contribution in [0.3, 0.4) is 0 Å². The largest absolute Gasteiger partial charge is 0.492 e. The first-order valence-corrected chi connectivity index (χ1v) is 8.18. The Kier molecular flexibility index (Phi) is 6.58. The molecule has 124 valence electrons. The zero-order valence-electron chi connectivity index (χ0n) is 13.0. The molecule has 1 saturated carbocycles. The number of hydrogen-bond donors (Lipinski definition) is 3. The van der Waals surface area contributed by atoms with Gasteiger partial charge in [0.05, 0.1) is 0 Å². The molecule has 0 saturated heterocycles. The highest BCUT2D eigenvalue weighted by Gasteiger charge is 2.14. The van der Waals surface area contributed by atoms with Crippen LogP contribution in [-0.4, -0.2) is 34.0 Å². The van der Waals surface area contributed by atoms with Crippen molar-refractivity contribution in [1.82, 2.24) is 10.0 Å². The number of nitrogens with zero attached hydrogens (tertiary/aromatic N) is 1. The fraction of sp³-hybridized carbons (Fsp3) is 0.688. The maximum absolute atomic E-state index is 11.6. The maximum atomic E-state index is 11.6. The Morgan fingerprint density at radius 3 is 2.55 bits per heavy atom. The van der Waals surface area contributed by atoms with Crippen LogP contribution in [0.15, 0.2) is 12.1 Å². The molecule has 1 aliphatic carbocycles. The normalized spacial score (nSPS) is 15.3. The number of rotatable bonds is 9. The Bertz CT molecular complexity index is 447. The van der Waals surface area contributed by atoms with Gasteiger partial charge < -0.3 is 20.4 Å². The fourth-order valence-electron chi connectivity index (χ4n) is 2.86. The predicted molar refractivity (Wildman–Crippen MR) is 82.6 cm³/mol. The molecule has 0 amide bonds. The van der Waals surface area contributed by atoms with Crippen molar-refractivity contribution in [3.8, 4) is 11.8 Å². The van der Waals surface area contributed by atoms with Gasteiger partial charge in [-0.2, -0.15) is 0 Å². The molecule has 0 atom stereocenters. The summed E-state index contributed by atoms with van der Waals surface area (Å²) in [5.41, 5.74) is 0. The molecule has 0 aromatic carbocycles. The van der Waals surface area contributed by atoms with Crippen LogP contribution < -0.4 is 10.2 Å². The predicted octanol–water partition coefficient (Wildman–Crippen LogP) is 2.19. The van der Waals surface area contributed by atoms with E-state index in [0.717, 1.165) is 43.0 Å². The van der Waals surface area contributed by atoms with E-state index in [9.17, 15) is 15.0 Å². The van der Waals surface area contributed by atoms with Gasteiger partial charge in [-0.05, 0) is 44.7 Å². The van der Waals surface area contributed by atoms with Crippen molar-refractivity contribution in [2.24, 2.45) is 5.92 Å². The van der Waals surface area contributed by atoms with Crippen LogP contribution in [0.4, 0.5) is 0 Å².